The van der Waals surface area contributed by atoms with Gasteiger partial charge in [-0.05, 0) is 24.1 Å². The molecule has 2 atom stereocenters. The van der Waals surface area contributed by atoms with Crippen molar-refractivity contribution in [3.8, 4) is 0 Å². The lowest BCUT2D eigenvalue weighted by Crippen LogP contribution is -2.19. The molecule has 16 heavy (non-hydrogen) atoms. The van der Waals surface area contributed by atoms with Crippen molar-refractivity contribution in [2.24, 2.45) is 0 Å². The highest BCUT2D eigenvalue weighted by atomic mass is 127. The molecule has 0 saturated heterocycles. The molecule has 0 spiro atoms. The summed E-state index contributed by atoms with van der Waals surface area (Å²) < 4.78 is 0.253. The number of alkyl halides is 1. The number of rotatable bonds is 1. The van der Waals surface area contributed by atoms with E-state index in [0.717, 1.165) is 10.5 Å². The monoisotopic (exact) mass is 388 g/mol. The van der Waals surface area contributed by atoms with Gasteiger partial charge >= 0.3 is 5.97 Å². The summed E-state index contributed by atoms with van der Waals surface area (Å²) in [7, 11) is 0. The first kappa shape index (κ1) is 12.8. The highest BCUT2D eigenvalue weighted by Gasteiger charge is 2.31. The first-order chi connectivity index (χ1) is 7.49. The van der Waals surface area contributed by atoms with Crippen molar-refractivity contribution in [2.45, 2.75) is 20.5 Å². The highest BCUT2D eigenvalue weighted by molar-refractivity contribution is 14.1. The van der Waals surface area contributed by atoms with E-state index in [0.29, 0.717) is 16.5 Å². The van der Waals surface area contributed by atoms with Gasteiger partial charge in [0.1, 0.15) is 0 Å². The van der Waals surface area contributed by atoms with Crippen LogP contribution in [-0.4, -0.2) is 14.3 Å². The van der Waals surface area contributed by atoms with Crippen molar-refractivity contribution in [2.75, 3.05) is 0 Å². The Balaban J connectivity index is 2.52. The van der Waals surface area contributed by atoms with Crippen molar-refractivity contribution in [1.29, 1.82) is 0 Å². The van der Waals surface area contributed by atoms with Crippen LogP contribution >= 0.6 is 57.6 Å². The number of carboxylic acid groups (broad SMARTS) is 1. The Morgan fingerprint density at radius 2 is 2.06 bits per heavy atom. The van der Waals surface area contributed by atoms with Crippen LogP contribution in [0.1, 0.15) is 17.9 Å². The Bertz CT molecular complexity index is 453. The van der Waals surface area contributed by atoms with Crippen LogP contribution in [0.15, 0.2) is 17.0 Å². The Morgan fingerprint density at radius 1 is 1.44 bits per heavy atom. The third-order valence-corrected chi connectivity index (χ3v) is 5.45. The maximum atomic E-state index is 11.2. The van der Waals surface area contributed by atoms with E-state index in [1.54, 1.807) is 23.9 Å². The molecule has 0 aliphatic carbocycles. The second kappa shape index (κ2) is 4.92. The van der Waals surface area contributed by atoms with Gasteiger partial charge in [0, 0.05) is 4.90 Å². The van der Waals surface area contributed by atoms with Crippen LogP contribution in [0.3, 0.4) is 0 Å². The zero-order valence-electron chi connectivity index (χ0n) is 7.91. The first-order valence-electron chi connectivity index (χ1n) is 4.51. The third kappa shape index (κ3) is 2.44. The van der Waals surface area contributed by atoms with E-state index in [2.05, 4.69) is 22.6 Å². The molecule has 2 rings (SSSR count). The number of thioether (sulfide) groups is 1. The molecule has 6 heteroatoms. The van der Waals surface area contributed by atoms with E-state index >= 15 is 0 Å². The number of carbonyl (C=O) groups is 1. The number of benzene rings is 1. The summed E-state index contributed by atoms with van der Waals surface area (Å²) in [5.74, 6) is -1.28. The van der Waals surface area contributed by atoms with Crippen molar-refractivity contribution in [1.82, 2.24) is 0 Å². The predicted octanol–water partition coefficient (Wildman–Crippen LogP) is 4.42. The molecule has 1 aliphatic heterocycles. The van der Waals surface area contributed by atoms with Crippen molar-refractivity contribution in [3.05, 3.63) is 27.7 Å². The van der Waals surface area contributed by atoms with E-state index in [-0.39, 0.29) is 3.26 Å². The van der Waals surface area contributed by atoms with Crippen LogP contribution in [-0.2, 0) is 4.79 Å². The molecule has 0 amide bonds. The van der Waals surface area contributed by atoms with E-state index in [1.807, 2.05) is 0 Å². The van der Waals surface area contributed by atoms with Gasteiger partial charge in [-0.15, -0.1) is 11.8 Å². The molecule has 0 saturated carbocycles. The molecular weight excluding hydrogens is 382 g/mol. The maximum absolute atomic E-state index is 11.2. The van der Waals surface area contributed by atoms with Crippen molar-refractivity contribution >= 4 is 63.5 Å². The van der Waals surface area contributed by atoms with Gasteiger partial charge in [0.25, 0.3) is 0 Å². The average Bonchev–Trinajstić information content (AvgIpc) is 2.19. The van der Waals surface area contributed by atoms with Crippen LogP contribution in [0.5, 0.6) is 0 Å². The van der Waals surface area contributed by atoms with Crippen LogP contribution in [0, 0.1) is 0 Å². The summed E-state index contributed by atoms with van der Waals surface area (Å²) in [6.07, 6.45) is 0.617. The summed E-state index contributed by atoms with van der Waals surface area (Å²) in [6.45, 7) is 0. The maximum Gasteiger partial charge on any atom is 0.311 e. The SMILES string of the molecule is O=C(O)C1CC(I)Sc2cc(Cl)c(Cl)cc21. The highest BCUT2D eigenvalue weighted by Crippen LogP contribution is 2.46. The van der Waals surface area contributed by atoms with Crippen molar-refractivity contribution < 1.29 is 9.90 Å². The summed E-state index contributed by atoms with van der Waals surface area (Å²) in [6, 6.07) is 3.43. The Morgan fingerprint density at radius 3 is 2.69 bits per heavy atom. The number of fused-ring (bicyclic) bond motifs is 1. The van der Waals surface area contributed by atoms with Gasteiger partial charge in [0.15, 0.2) is 0 Å². The molecule has 0 bridgehead atoms. The second-order valence-corrected chi connectivity index (χ2v) is 7.87. The summed E-state index contributed by atoms with van der Waals surface area (Å²) in [4.78, 5) is 12.1. The molecule has 0 radical (unpaired) electrons. The number of halogens is 3. The first-order valence-corrected chi connectivity index (χ1v) is 7.39. The molecule has 1 N–H and O–H groups in total. The van der Waals surface area contributed by atoms with Gasteiger partial charge in [0.05, 0.1) is 19.2 Å². The fourth-order valence-corrected chi connectivity index (χ4v) is 4.47. The Kier molecular flexibility index (Phi) is 3.93. The minimum atomic E-state index is -0.804. The van der Waals surface area contributed by atoms with Crippen molar-refractivity contribution in [3.63, 3.8) is 0 Å². The largest absolute Gasteiger partial charge is 0.481 e. The number of hydrogen-bond acceptors (Lipinski definition) is 2. The van der Waals surface area contributed by atoms with Gasteiger partial charge in [-0.1, -0.05) is 45.8 Å². The van der Waals surface area contributed by atoms with Crippen LogP contribution in [0.4, 0.5) is 0 Å². The number of hydrogen-bond donors (Lipinski definition) is 1. The minimum absolute atomic E-state index is 0.253. The number of carboxylic acids is 1. The van der Waals surface area contributed by atoms with Gasteiger partial charge in [-0.3, -0.25) is 4.79 Å². The van der Waals surface area contributed by atoms with E-state index in [4.69, 9.17) is 23.2 Å². The summed E-state index contributed by atoms with van der Waals surface area (Å²) in [5.41, 5.74) is 0.778. The van der Waals surface area contributed by atoms with Crippen LogP contribution in [0.2, 0.25) is 10.0 Å². The molecule has 1 aliphatic rings. The quantitative estimate of drug-likeness (QED) is 0.571. The molecular formula is C10H7Cl2IO2S. The Hall–Kier alpha value is 0.350. The molecule has 1 aromatic rings. The van der Waals surface area contributed by atoms with E-state index < -0.39 is 11.9 Å². The normalized spacial score (nSPS) is 23.9. The second-order valence-electron chi connectivity index (χ2n) is 3.46. The van der Waals surface area contributed by atoms with E-state index in [1.165, 1.54) is 0 Å². The van der Waals surface area contributed by atoms with Crippen LogP contribution < -0.4 is 0 Å². The lowest BCUT2D eigenvalue weighted by atomic mass is 9.96. The predicted molar refractivity (Wildman–Crippen MR) is 75.1 cm³/mol. The van der Waals surface area contributed by atoms with Gasteiger partial charge in [0.2, 0.25) is 0 Å². The minimum Gasteiger partial charge on any atom is -0.481 e. The lowest BCUT2D eigenvalue weighted by Gasteiger charge is -2.26. The van der Waals surface area contributed by atoms with E-state index in [9.17, 15) is 9.90 Å². The standard InChI is InChI=1S/C10H7Cl2IO2S/c11-6-1-4-5(10(14)15)2-9(13)16-8(4)3-7(6)12/h1,3,5,9H,2H2,(H,14,15). The number of aliphatic carboxylic acids is 1. The molecule has 1 aromatic carbocycles. The summed E-state index contributed by atoms with van der Waals surface area (Å²) in [5, 5.41) is 10.1. The lowest BCUT2D eigenvalue weighted by molar-refractivity contribution is -0.138. The summed E-state index contributed by atoms with van der Waals surface area (Å²) >= 11 is 15.7. The Labute approximate surface area is 121 Å². The molecule has 86 valence electrons. The van der Waals surface area contributed by atoms with Gasteiger partial charge < -0.3 is 5.11 Å². The average molecular weight is 389 g/mol. The molecule has 1 heterocycles. The van der Waals surface area contributed by atoms with Crippen LogP contribution in [0.25, 0.3) is 0 Å². The zero-order chi connectivity index (χ0) is 11.9. The zero-order valence-corrected chi connectivity index (χ0v) is 12.4. The third-order valence-electron chi connectivity index (χ3n) is 2.40. The molecule has 2 nitrogen and oxygen atoms in total. The molecule has 0 aromatic heterocycles. The molecule has 0 fully saturated rings. The molecule has 2 unspecified atom stereocenters. The fourth-order valence-electron chi connectivity index (χ4n) is 1.65. The topological polar surface area (TPSA) is 37.3 Å². The van der Waals surface area contributed by atoms with Gasteiger partial charge in [-0.2, -0.15) is 0 Å². The van der Waals surface area contributed by atoms with Gasteiger partial charge in [-0.25, -0.2) is 0 Å². The smallest absolute Gasteiger partial charge is 0.311 e. The fraction of sp³-hybridized carbons (Fsp3) is 0.300.